The highest BCUT2D eigenvalue weighted by Crippen LogP contribution is 2.19. The first kappa shape index (κ1) is 19.2. The quantitative estimate of drug-likeness (QED) is 0.763. The van der Waals surface area contributed by atoms with Gasteiger partial charge in [-0.05, 0) is 31.0 Å². The summed E-state index contributed by atoms with van der Waals surface area (Å²) in [6.45, 7) is 5.27. The van der Waals surface area contributed by atoms with Crippen LogP contribution in [0.25, 0.3) is 0 Å². The van der Waals surface area contributed by atoms with Crippen molar-refractivity contribution < 1.29 is 13.3 Å². The van der Waals surface area contributed by atoms with Gasteiger partial charge in [0.25, 0.3) is 5.56 Å². The summed E-state index contributed by atoms with van der Waals surface area (Å²) >= 11 is 0. The minimum absolute atomic E-state index is 0.154. The third-order valence-corrected chi connectivity index (χ3v) is 7.53. The molecule has 2 aliphatic rings. The van der Waals surface area contributed by atoms with Gasteiger partial charge in [-0.25, -0.2) is 8.42 Å². The van der Waals surface area contributed by atoms with E-state index in [1.54, 1.807) is 4.57 Å². The molecule has 2 aliphatic heterocycles. The predicted molar refractivity (Wildman–Crippen MR) is 108 cm³/mol. The first-order valence-corrected chi connectivity index (χ1v) is 11.3. The Balaban J connectivity index is 1.45. The zero-order valence-electron chi connectivity index (χ0n) is 16.0. The van der Waals surface area contributed by atoms with Crippen molar-refractivity contribution in [3.05, 3.63) is 59.0 Å². The molecular formula is C20H27N4O3S+. The van der Waals surface area contributed by atoms with Crippen molar-refractivity contribution >= 4 is 15.7 Å². The summed E-state index contributed by atoms with van der Waals surface area (Å²) in [5.41, 5.74) is 1.07. The van der Waals surface area contributed by atoms with Crippen LogP contribution in [-0.2, 0) is 16.7 Å². The highest BCUT2D eigenvalue weighted by atomic mass is 32.2. The van der Waals surface area contributed by atoms with E-state index in [0.717, 1.165) is 39.0 Å². The molecule has 150 valence electrons. The summed E-state index contributed by atoms with van der Waals surface area (Å²) in [7, 11) is -3.51. The van der Waals surface area contributed by atoms with Crippen molar-refractivity contribution in [3.8, 4) is 0 Å². The van der Waals surface area contributed by atoms with Gasteiger partial charge in [0.2, 0.25) is 10.0 Å². The second-order valence-corrected chi connectivity index (χ2v) is 9.45. The fraction of sp³-hybridized carbons (Fsp3) is 0.450. The van der Waals surface area contributed by atoms with E-state index < -0.39 is 10.0 Å². The molecule has 2 aromatic rings. The van der Waals surface area contributed by atoms with E-state index in [2.05, 4.69) is 17.0 Å². The Kier molecular flexibility index (Phi) is 5.52. The molecule has 8 heteroatoms. The molecule has 1 aromatic carbocycles. The molecule has 0 radical (unpaired) electrons. The molecule has 2 saturated heterocycles. The average molecular weight is 404 g/mol. The fourth-order valence-electron chi connectivity index (χ4n) is 3.98. The van der Waals surface area contributed by atoms with Crippen molar-refractivity contribution in [1.82, 2.24) is 8.87 Å². The molecule has 0 spiro atoms. The Labute approximate surface area is 165 Å². The van der Waals surface area contributed by atoms with Gasteiger partial charge in [-0.2, -0.15) is 4.31 Å². The van der Waals surface area contributed by atoms with Crippen LogP contribution in [0.4, 0.5) is 5.69 Å². The van der Waals surface area contributed by atoms with Gasteiger partial charge in [0.05, 0.1) is 31.1 Å². The van der Waals surface area contributed by atoms with Gasteiger partial charge in [-0.3, -0.25) is 9.36 Å². The van der Waals surface area contributed by atoms with Crippen LogP contribution in [0, 0.1) is 0 Å². The van der Waals surface area contributed by atoms with Crippen LogP contribution < -0.4 is 15.4 Å². The number of para-hydroxylation sites is 1. The molecule has 1 aromatic heterocycles. The molecule has 1 N–H and O–H groups in total. The summed E-state index contributed by atoms with van der Waals surface area (Å²) in [6, 6.07) is 13.1. The third-order valence-electron chi connectivity index (χ3n) is 5.64. The smallest absolute Gasteiger partial charge is 0.254 e. The number of rotatable bonds is 5. The van der Waals surface area contributed by atoms with Gasteiger partial charge in [0.1, 0.15) is 0 Å². The van der Waals surface area contributed by atoms with Gasteiger partial charge in [-0.15, -0.1) is 0 Å². The summed E-state index contributed by atoms with van der Waals surface area (Å²) in [6.07, 6.45) is 3.32. The van der Waals surface area contributed by atoms with Crippen molar-refractivity contribution in [1.29, 1.82) is 0 Å². The van der Waals surface area contributed by atoms with Crippen molar-refractivity contribution in [2.75, 3.05) is 44.2 Å². The van der Waals surface area contributed by atoms with Crippen LogP contribution in [0.5, 0.6) is 0 Å². The largest absolute Gasteiger partial charge is 0.360 e. The lowest BCUT2D eigenvalue weighted by Gasteiger charge is -2.33. The molecule has 0 atom stereocenters. The number of aromatic nitrogens is 1. The monoisotopic (exact) mass is 403 g/mol. The number of piperazine rings is 1. The van der Waals surface area contributed by atoms with Gasteiger partial charge >= 0.3 is 0 Å². The number of quaternary nitrogens is 1. The maximum absolute atomic E-state index is 12.8. The third kappa shape index (κ3) is 3.99. The lowest BCUT2D eigenvalue weighted by Crippen LogP contribution is -3.14. The number of nitrogens with zero attached hydrogens (tertiary/aromatic N) is 3. The standard InChI is InChI=1S/C20H26N4O3S/c25-20-9-8-19(28(26,27)24-10-4-5-11-24)16-23(20)17-21-12-14-22(15-13-21)18-6-2-1-3-7-18/h1-3,6-9,16H,4-5,10-15,17H2/p+1. The van der Waals surface area contributed by atoms with Crippen LogP contribution in [-0.4, -0.2) is 56.6 Å². The van der Waals surface area contributed by atoms with E-state index in [1.165, 1.54) is 33.2 Å². The van der Waals surface area contributed by atoms with Crippen molar-refractivity contribution in [3.63, 3.8) is 0 Å². The molecule has 7 nitrogen and oxygen atoms in total. The number of sulfonamides is 1. The molecule has 4 rings (SSSR count). The number of pyridine rings is 1. The Morgan fingerprint density at radius 1 is 0.893 bits per heavy atom. The molecule has 0 saturated carbocycles. The highest BCUT2D eigenvalue weighted by molar-refractivity contribution is 7.89. The Bertz CT molecular complexity index is 960. The zero-order chi connectivity index (χ0) is 19.6. The molecule has 28 heavy (non-hydrogen) atoms. The van der Waals surface area contributed by atoms with Crippen LogP contribution in [0.1, 0.15) is 12.8 Å². The minimum Gasteiger partial charge on any atom is -0.360 e. The van der Waals surface area contributed by atoms with E-state index in [-0.39, 0.29) is 10.5 Å². The SMILES string of the molecule is O=c1ccc(S(=O)(=O)N2CCCC2)cn1C[NH+]1CCN(c2ccccc2)CC1. The highest BCUT2D eigenvalue weighted by Gasteiger charge is 2.28. The average Bonchev–Trinajstić information content (AvgIpc) is 3.27. The number of hydrogen-bond acceptors (Lipinski definition) is 4. The zero-order valence-corrected chi connectivity index (χ0v) is 16.8. The molecule has 0 unspecified atom stereocenters. The van der Waals surface area contributed by atoms with Gasteiger partial charge in [0, 0.05) is 31.0 Å². The second-order valence-electron chi connectivity index (χ2n) is 7.51. The topological polar surface area (TPSA) is 67.1 Å². The van der Waals surface area contributed by atoms with Crippen molar-refractivity contribution in [2.24, 2.45) is 0 Å². The minimum atomic E-state index is -3.51. The van der Waals surface area contributed by atoms with E-state index in [0.29, 0.717) is 19.8 Å². The van der Waals surface area contributed by atoms with E-state index in [9.17, 15) is 13.2 Å². The van der Waals surface area contributed by atoms with Gasteiger partial charge < -0.3 is 9.80 Å². The Morgan fingerprint density at radius 2 is 1.57 bits per heavy atom. The first-order valence-electron chi connectivity index (χ1n) is 9.88. The van der Waals surface area contributed by atoms with Crippen molar-refractivity contribution in [2.45, 2.75) is 24.4 Å². The lowest BCUT2D eigenvalue weighted by molar-refractivity contribution is -0.923. The van der Waals surface area contributed by atoms with Crippen LogP contribution >= 0.6 is 0 Å². The molecule has 0 aliphatic carbocycles. The summed E-state index contributed by atoms with van der Waals surface area (Å²) in [5, 5.41) is 0. The number of anilines is 1. The maximum Gasteiger partial charge on any atom is 0.254 e. The number of benzene rings is 1. The fourth-order valence-corrected chi connectivity index (χ4v) is 5.52. The maximum atomic E-state index is 12.8. The summed E-state index contributed by atoms with van der Waals surface area (Å²) in [5.74, 6) is 0. The van der Waals surface area contributed by atoms with E-state index in [4.69, 9.17) is 0 Å². The van der Waals surface area contributed by atoms with Crippen LogP contribution in [0.2, 0.25) is 0 Å². The van der Waals surface area contributed by atoms with E-state index >= 15 is 0 Å². The molecule has 2 fully saturated rings. The normalized spacial score (nSPS) is 19.2. The summed E-state index contributed by atoms with van der Waals surface area (Å²) < 4.78 is 28.6. The van der Waals surface area contributed by atoms with E-state index in [1.807, 2.05) is 18.2 Å². The Morgan fingerprint density at radius 3 is 2.25 bits per heavy atom. The first-order chi connectivity index (χ1) is 13.5. The van der Waals surface area contributed by atoms with Gasteiger partial charge in [0.15, 0.2) is 6.67 Å². The molecule has 3 heterocycles. The summed E-state index contributed by atoms with van der Waals surface area (Å²) in [4.78, 5) is 16.2. The lowest BCUT2D eigenvalue weighted by atomic mass is 10.2. The molecule has 0 amide bonds. The number of hydrogen-bond donors (Lipinski definition) is 1. The predicted octanol–water partition coefficient (Wildman–Crippen LogP) is -0.00460. The second kappa shape index (κ2) is 8.06. The van der Waals surface area contributed by atoms with Gasteiger partial charge in [-0.1, -0.05) is 18.2 Å². The molecular weight excluding hydrogens is 376 g/mol. The number of nitrogens with one attached hydrogen (secondary N) is 1. The molecule has 0 bridgehead atoms. The van der Waals surface area contributed by atoms with Crippen LogP contribution in [0.3, 0.4) is 0 Å². The Hall–Kier alpha value is -2.16. The van der Waals surface area contributed by atoms with Crippen LogP contribution in [0.15, 0.2) is 58.4 Å².